The topological polar surface area (TPSA) is 51.2 Å². The molecule has 1 aliphatic rings. The van der Waals surface area contributed by atoms with Crippen LogP contribution >= 0.6 is 22.7 Å². The van der Waals surface area contributed by atoms with Crippen molar-refractivity contribution in [1.29, 1.82) is 0 Å². The van der Waals surface area contributed by atoms with Crippen molar-refractivity contribution in [2.45, 2.75) is 6.92 Å². The van der Waals surface area contributed by atoms with Crippen LogP contribution in [0.2, 0.25) is 0 Å². The molecule has 1 aliphatic heterocycles. The van der Waals surface area contributed by atoms with Crippen LogP contribution in [0, 0.1) is 5.41 Å². The Morgan fingerprint density at radius 1 is 1.53 bits per heavy atom. The highest BCUT2D eigenvalue weighted by Gasteiger charge is 2.33. The molecule has 6 heteroatoms. The summed E-state index contributed by atoms with van der Waals surface area (Å²) in [6, 6.07) is 4.00. The smallest absolute Gasteiger partial charge is 0.270 e. The first-order chi connectivity index (χ1) is 9.16. The normalized spacial score (nSPS) is 16.9. The number of amides is 1. The minimum atomic E-state index is -0.104. The predicted octanol–water partition coefficient (Wildman–Crippen LogP) is 2.64. The third-order valence-corrected chi connectivity index (χ3v) is 4.93. The molecule has 1 amide bonds. The van der Waals surface area contributed by atoms with Crippen LogP contribution in [0.4, 0.5) is 0 Å². The molecule has 0 spiro atoms. The number of ether oxygens (including phenoxy) is 1. The van der Waals surface area contributed by atoms with Crippen molar-refractivity contribution in [2.75, 3.05) is 19.8 Å². The highest BCUT2D eigenvalue weighted by molar-refractivity contribution is 7.20. The molecule has 4 nitrogen and oxygen atoms in total. The van der Waals surface area contributed by atoms with E-state index in [4.69, 9.17) is 4.74 Å². The highest BCUT2D eigenvalue weighted by atomic mass is 32.1. The van der Waals surface area contributed by atoms with E-state index < -0.39 is 0 Å². The fraction of sp³-hybridized carbons (Fsp3) is 0.385. The molecule has 0 aromatic carbocycles. The van der Waals surface area contributed by atoms with E-state index in [-0.39, 0.29) is 11.3 Å². The molecular weight excluding hydrogens is 280 g/mol. The molecule has 0 bridgehead atoms. The lowest BCUT2D eigenvalue weighted by atomic mass is 9.89. The molecule has 1 fully saturated rings. The molecule has 3 rings (SSSR count). The molecule has 2 aromatic heterocycles. The molecule has 0 atom stereocenters. The van der Waals surface area contributed by atoms with E-state index in [9.17, 15) is 4.79 Å². The minimum Gasteiger partial charge on any atom is -0.380 e. The quantitative estimate of drug-likeness (QED) is 0.943. The maximum absolute atomic E-state index is 12.0. The number of carbonyl (C=O) groups is 1. The summed E-state index contributed by atoms with van der Waals surface area (Å²) >= 11 is 3.13. The highest BCUT2D eigenvalue weighted by Crippen LogP contribution is 2.28. The van der Waals surface area contributed by atoms with Crippen molar-refractivity contribution >= 4 is 28.6 Å². The van der Waals surface area contributed by atoms with Crippen LogP contribution in [-0.4, -0.2) is 30.6 Å². The van der Waals surface area contributed by atoms with Crippen LogP contribution < -0.4 is 5.32 Å². The molecule has 3 heterocycles. The Balaban J connectivity index is 1.64. The summed E-state index contributed by atoms with van der Waals surface area (Å²) in [6.45, 7) is 4.17. The Bertz CT molecular complexity index is 573. The second-order valence-electron chi connectivity index (χ2n) is 5.00. The SMILES string of the molecule is CC1(CNC(=O)c2csc(-c3cccs3)n2)COC1. The zero-order valence-corrected chi connectivity index (χ0v) is 12.1. The average Bonchev–Trinajstić information content (AvgIpc) is 3.02. The van der Waals surface area contributed by atoms with Crippen molar-refractivity contribution in [3.05, 3.63) is 28.6 Å². The van der Waals surface area contributed by atoms with E-state index in [1.54, 1.807) is 11.3 Å². The van der Waals surface area contributed by atoms with E-state index in [2.05, 4.69) is 17.2 Å². The number of hydrogen-bond donors (Lipinski definition) is 1. The third-order valence-electron chi connectivity index (χ3n) is 3.05. The van der Waals surface area contributed by atoms with Gasteiger partial charge in [0.25, 0.3) is 5.91 Å². The number of carbonyl (C=O) groups excluding carboxylic acids is 1. The van der Waals surface area contributed by atoms with Crippen LogP contribution in [0.1, 0.15) is 17.4 Å². The summed E-state index contributed by atoms with van der Waals surface area (Å²) in [5, 5.41) is 7.65. The third kappa shape index (κ3) is 2.70. The Morgan fingerprint density at radius 2 is 2.37 bits per heavy atom. The molecule has 0 saturated carbocycles. The Kier molecular flexibility index (Phi) is 3.38. The van der Waals surface area contributed by atoms with Gasteiger partial charge >= 0.3 is 0 Å². The van der Waals surface area contributed by atoms with Crippen molar-refractivity contribution in [1.82, 2.24) is 10.3 Å². The lowest BCUT2D eigenvalue weighted by Crippen LogP contribution is -2.48. The number of hydrogen-bond acceptors (Lipinski definition) is 5. The van der Waals surface area contributed by atoms with Crippen LogP contribution in [0.3, 0.4) is 0 Å². The fourth-order valence-corrected chi connectivity index (χ4v) is 3.44. The molecule has 19 heavy (non-hydrogen) atoms. The largest absolute Gasteiger partial charge is 0.380 e. The average molecular weight is 294 g/mol. The fourth-order valence-electron chi connectivity index (χ4n) is 1.83. The second-order valence-corrected chi connectivity index (χ2v) is 6.81. The number of nitrogens with zero attached hydrogens (tertiary/aromatic N) is 1. The van der Waals surface area contributed by atoms with E-state index in [1.165, 1.54) is 11.3 Å². The molecule has 100 valence electrons. The van der Waals surface area contributed by atoms with E-state index in [0.29, 0.717) is 25.5 Å². The summed E-state index contributed by atoms with van der Waals surface area (Å²) in [7, 11) is 0. The summed E-state index contributed by atoms with van der Waals surface area (Å²) < 4.78 is 5.17. The van der Waals surface area contributed by atoms with Gasteiger partial charge in [0.15, 0.2) is 0 Å². The Morgan fingerprint density at radius 3 is 3.00 bits per heavy atom. The van der Waals surface area contributed by atoms with Gasteiger partial charge in [-0.3, -0.25) is 4.79 Å². The first-order valence-electron chi connectivity index (χ1n) is 6.02. The van der Waals surface area contributed by atoms with Crippen molar-refractivity contribution < 1.29 is 9.53 Å². The van der Waals surface area contributed by atoms with Gasteiger partial charge in [-0.05, 0) is 11.4 Å². The number of nitrogens with one attached hydrogen (secondary N) is 1. The number of thiophene rings is 1. The molecule has 0 aliphatic carbocycles. The lowest BCUT2D eigenvalue weighted by Gasteiger charge is -2.37. The van der Waals surface area contributed by atoms with Crippen LogP contribution in [-0.2, 0) is 4.74 Å². The van der Waals surface area contributed by atoms with Gasteiger partial charge in [-0.25, -0.2) is 4.98 Å². The number of aromatic nitrogens is 1. The van der Waals surface area contributed by atoms with Crippen LogP contribution in [0.5, 0.6) is 0 Å². The van der Waals surface area contributed by atoms with Gasteiger partial charge in [-0.15, -0.1) is 22.7 Å². The van der Waals surface area contributed by atoms with Crippen LogP contribution in [0.15, 0.2) is 22.9 Å². The standard InChI is InChI=1S/C13H14N2O2S2/c1-13(7-17-8-13)6-14-11(16)9-5-19-12(15-9)10-3-2-4-18-10/h2-5H,6-8H2,1H3,(H,14,16). The molecule has 1 saturated heterocycles. The van der Waals surface area contributed by atoms with Gasteiger partial charge in [0.2, 0.25) is 0 Å². The lowest BCUT2D eigenvalue weighted by molar-refractivity contribution is -0.0978. The van der Waals surface area contributed by atoms with E-state index in [0.717, 1.165) is 9.88 Å². The molecule has 1 N–H and O–H groups in total. The summed E-state index contributed by atoms with van der Waals surface area (Å²) in [6.07, 6.45) is 0. The minimum absolute atomic E-state index is 0.0856. The van der Waals surface area contributed by atoms with Gasteiger partial charge in [0.05, 0.1) is 18.1 Å². The monoisotopic (exact) mass is 294 g/mol. The van der Waals surface area contributed by atoms with Gasteiger partial charge in [-0.2, -0.15) is 0 Å². The van der Waals surface area contributed by atoms with Gasteiger partial charge < -0.3 is 10.1 Å². The van der Waals surface area contributed by atoms with Crippen molar-refractivity contribution in [3.63, 3.8) is 0 Å². The van der Waals surface area contributed by atoms with Gasteiger partial charge in [0, 0.05) is 17.3 Å². The maximum Gasteiger partial charge on any atom is 0.270 e. The molecule has 2 aromatic rings. The van der Waals surface area contributed by atoms with Crippen molar-refractivity contribution in [3.8, 4) is 9.88 Å². The Hall–Kier alpha value is -1.24. The maximum atomic E-state index is 12.0. The number of thiazole rings is 1. The summed E-state index contributed by atoms with van der Waals surface area (Å²) in [4.78, 5) is 17.5. The van der Waals surface area contributed by atoms with Gasteiger partial charge in [-0.1, -0.05) is 13.0 Å². The summed E-state index contributed by atoms with van der Waals surface area (Å²) in [5.41, 5.74) is 0.583. The van der Waals surface area contributed by atoms with E-state index in [1.807, 2.05) is 22.9 Å². The summed E-state index contributed by atoms with van der Waals surface area (Å²) in [5.74, 6) is -0.104. The van der Waals surface area contributed by atoms with Crippen molar-refractivity contribution in [2.24, 2.45) is 5.41 Å². The molecule has 0 unspecified atom stereocenters. The first kappa shape index (κ1) is 12.8. The molecule has 0 radical (unpaired) electrons. The van der Waals surface area contributed by atoms with Gasteiger partial charge in [0.1, 0.15) is 10.7 Å². The predicted molar refractivity (Wildman–Crippen MR) is 76.7 cm³/mol. The van der Waals surface area contributed by atoms with Crippen LogP contribution in [0.25, 0.3) is 9.88 Å². The molecular formula is C13H14N2O2S2. The second kappa shape index (κ2) is 5.03. The zero-order chi connectivity index (χ0) is 13.3. The van der Waals surface area contributed by atoms with E-state index >= 15 is 0 Å². The number of rotatable bonds is 4. The first-order valence-corrected chi connectivity index (χ1v) is 7.78. The zero-order valence-electron chi connectivity index (χ0n) is 10.5. The Labute approximate surface area is 119 Å².